The highest BCUT2D eigenvalue weighted by Crippen LogP contribution is 2.03. The number of benzene rings is 1. The summed E-state index contributed by atoms with van der Waals surface area (Å²) < 4.78 is 0. The highest BCUT2D eigenvalue weighted by Gasteiger charge is 2.00. The number of para-hydroxylation sites is 1. The van der Waals surface area contributed by atoms with Gasteiger partial charge in [-0.05, 0) is 12.1 Å². The maximum absolute atomic E-state index is 8.47. The van der Waals surface area contributed by atoms with E-state index in [1.54, 1.807) is 6.20 Å². The monoisotopic (exact) mass is 190 g/mol. The molecule has 2 aromatic rings. The van der Waals surface area contributed by atoms with Crippen LogP contribution in [0.2, 0.25) is 0 Å². The van der Waals surface area contributed by atoms with Gasteiger partial charge < -0.3 is 5.21 Å². The Bertz CT molecular complexity index is 398. The SMILES string of the molecule is ONCc1cnn(-c2ccccc2)n1. The Morgan fingerprint density at radius 1 is 1.29 bits per heavy atom. The van der Waals surface area contributed by atoms with Gasteiger partial charge >= 0.3 is 0 Å². The molecular formula is C9H10N4O. The maximum Gasteiger partial charge on any atom is 0.0993 e. The van der Waals surface area contributed by atoms with E-state index >= 15 is 0 Å². The molecule has 0 aliphatic heterocycles. The number of hydroxylamine groups is 1. The lowest BCUT2D eigenvalue weighted by Crippen LogP contribution is -2.07. The lowest BCUT2D eigenvalue weighted by atomic mass is 10.3. The van der Waals surface area contributed by atoms with Crippen molar-refractivity contribution >= 4 is 0 Å². The van der Waals surface area contributed by atoms with Crippen molar-refractivity contribution in [3.63, 3.8) is 0 Å². The van der Waals surface area contributed by atoms with Gasteiger partial charge in [-0.25, -0.2) is 0 Å². The molecule has 1 heterocycles. The summed E-state index contributed by atoms with van der Waals surface area (Å²) >= 11 is 0. The van der Waals surface area contributed by atoms with Crippen LogP contribution in [0.3, 0.4) is 0 Å². The molecule has 0 bridgehead atoms. The predicted octanol–water partition coefficient (Wildman–Crippen LogP) is 0.746. The number of hydrogen-bond acceptors (Lipinski definition) is 4. The smallest absolute Gasteiger partial charge is 0.0993 e. The predicted molar refractivity (Wildman–Crippen MR) is 50.0 cm³/mol. The van der Waals surface area contributed by atoms with Crippen molar-refractivity contribution in [1.29, 1.82) is 0 Å². The van der Waals surface area contributed by atoms with Crippen LogP contribution in [0.1, 0.15) is 5.69 Å². The summed E-state index contributed by atoms with van der Waals surface area (Å²) in [7, 11) is 0. The Balaban J connectivity index is 2.25. The molecule has 14 heavy (non-hydrogen) atoms. The number of hydrogen-bond donors (Lipinski definition) is 2. The second kappa shape index (κ2) is 3.99. The Morgan fingerprint density at radius 2 is 2.07 bits per heavy atom. The Labute approximate surface area is 80.9 Å². The molecule has 0 aliphatic rings. The third-order valence-electron chi connectivity index (χ3n) is 1.79. The molecule has 0 fully saturated rings. The topological polar surface area (TPSA) is 63.0 Å². The molecule has 2 rings (SSSR count). The highest BCUT2D eigenvalue weighted by molar-refractivity contribution is 5.28. The molecule has 0 spiro atoms. The molecule has 0 radical (unpaired) electrons. The minimum atomic E-state index is 0.298. The number of nitrogens with one attached hydrogen (secondary N) is 1. The number of rotatable bonds is 3. The van der Waals surface area contributed by atoms with Gasteiger partial charge in [-0.15, -0.1) is 0 Å². The quantitative estimate of drug-likeness (QED) is 0.701. The van der Waals surface area contributed by atoms with E-state index < -0.39 is 0 Å². The zero-order chi connectivity index (χ0) is 9.80. The van der Waals surface area contributed by atoms with Crippen molar-refractivity contribution in [2.75, 3.05) is 0 Å². The molecule has 5 heteroatoms. The standard InChI is InChI=1S/C9H10N4O/c14-11-7-8-6-10-13(12-8)9-4-2-1-3-5-9/h1-6,11,14H,7H2. The summed E-state index contributed by atoms with van der Waals surface area (Å²) in [6.07, 6.45) is 1.61. The van der Waals surface area contributed by atoms with E-state index in [2.05, 4.69) is 10.2 Å². The molecule has 0 saturated carbocycles. The van der Waals surface area contributed by atoms with Crippen molar-refractivity contribution in [3.8, 4) is 5.69 Å². The second-order valence-corrected chi connectivity index (χ2v) is 2.80. The molecule has 0 saturated heterocycles. The van der Waals surface area contributed by atoms with Gasteiger partial charge in [-0.3, -0.25) is 0 Å². The first kappa shape index (κ1) is 8.86. The Kier molecular flexibility index (Phi) is 2.53. The van der Waals surface area contributed by atoms with Crippen LogP contribution in [0.4, 0.5) is 0 Å². The first-order chi connectivity index (χ1) is 6.90. The van der Waals surface area contributed by atoms with Gasteiger partial charge in [0.05, 0.1) is 24.1 Å². The molecule has 72 valence electrons. The fourth-order valence-corrected chi connectivity index (χ4v) is 1.14. The molecule has 1 aromatic heterocycles. The molecular weight excluding hydrogens is 180 g/mol. The van der Waals surface area contributed by atoms with E-state index in [0.717, 1.165) is 5.69 Å². The first-order valence-corrected chi connectivity index (χ1v) is 4.24. The lowest BCUT2D eigenvalue weighted by Gasteiger charge is -1.97. The largest absolute Gasteiger partial charge is 0.316 e. The van der Waals surface area contributed by atoms with Crippen LogP contribution in [-0.2, 0) is 6.54 Å². The molecule has 5 nitrogen and oxygen atoms in total. The van der Waals surface area contributed by atoms with Gasteiger partial charge in [-0.1, -0.05) is 18.2 Å². The fourth-order valence-electron chi connectivity index (χ4n) is 1.14. The normalized spacial score (nSPS) is 10.4. The Hall–Kier alpha value is -1.72. The first-order valence-electron chi connectivity index (χ1n) is 4.24. The molecule has 0 atom stereocenters. The van der Waals surface area contributed by atoms with Gasteiger partial charge in [0, 0.05) is 0 Å². The summed E-state index contributed by atoms with van der Waals surface area (Å²) in [6, 6.07) is 9.60. The zero-order valence-corrected chi connectivity index (χ0v) is 7.46. The van der Waals surface area contributed by atoms with Crippen molar-refractivity contribution < 1.29 is 5.21 Å². The third-order valence-corrected chi connectivity index (χ3v) is 1.79. The fraction of sp³-hybridized carbons (Fsp3) is 0.111. The van der Waals surface area contributed by atoms with E-state index in [1.165, 1.54) is 4.80 Å². The van der Waals surface area contributed by atoms with E-state index in [9.17, 15) is 0 Å². The van der Waals surface area contributed by atoms with Gasteiger partial charge in [0.15, 0.2) is 0 Å². The summed E-state index contributed by atoms with van der Waals surface area (Å²) in [5.41, 5.74) is 3.62. The number of aromatic nitrogens is 3. The molecule has 2 N–H and O–H groups in total. The van der Waals surface area contributed by atoms with Crippen LogP contribution in [0.25, 0.3) is 5.69 Å². The highest BCUT2D eigenvalue weighted by atomic mass is 16.5. The van der Waals surface area contributed by atoms with Crippen LogP contribution in [0, 0.1) is 0 Å². The minimum absolute atomic E-state index is 0.298. The van der Waals surface area contributed by atoms with Gasteiger partial charge in [0.1, 0.15) is 0 Å². The lowest BCUT2D eigenvalue weighted by molar-refractivity contribution is 0.160. The summed E-state index contributed by atoms with van der Waals surface area (Å²) in [5.74, 6) is 0. The van der Waals surface area contributed by atoms with Gasteiger partial charge in [0.25, 0.3) is 0 Å². The van der Waals surface area contributed by atoms with Crippen molar-refractivity contribution in [2.45, 2.75) is 6.54 Å². The van der Waals surface area contributed by atoms with E-state index in [1.807, 2.05) is 35.8 Å². The van der Waals surface area contributed by atoms with E-state index in [4.69, 9.17) is 5.21 Å². The Morgan fingerprint density at radius 3 is 2.79 bits per heavy atom. The average Bonchev–Trinajstić information content (AvgIpc) is 2.68. The molecule has 0 unspecified atom stereocenters. The summed E-state index contributed by atoms with van der Waals surface area (Å²) in [5, 5.41) is 16.7. The molecule has 0 aliphatic carbocycles. The van der Waals surface area contributed by atoms with Crippen LogP contribution in [0.15, 0.2) is 36.5 Å². The average molecular weight is 190 g/mol. The van der Waals surface area contributed by atoms with Crippen LogP contribution in [-0.4, -0.2) is 20.2 Å². The van der Waals surface area contributed by atoms with E-state index in [-0.39, 0.29) is 0 Å². The van der Waals surface area contributed by atoms with Crippen molar-refractivity contribution in [1.82, 2.24) is 20.5 Å². The zero-order valence-electron chi connectivity index (χ0n) is 7.46. The third kappa shape index (κ3) is 1.78. The summed E-state index contributed by atoms with van der Waals surface area (Å²) in [4.78, 5) is 1.52. The maximum atomic E-state index is 8.47. The number of nitrogens with zero attached hydrogens (tertiary/aromatic N) is 3. The van der Waals surface area contributed by atoms with Gasteiger partial charge in [0.2, 0.25) is 0 Å². The van der Waals surface area contributed by atoms with E-state index in [0.29, 0.717) is 12.2 Å². The van der Waals surface area contributed by atoms with Crippen LogP contribution >= 0.6 is 0 Å². The van der Waals surface area contributed by atoms with Crippen LogP contribution < -0.4 is 5.48 Å². The van der Waals surface area contributed by atoms with Crippen molar-refractivity contribution in [2.24, 2.45) is 0 Å². The van der Waals surface area contributed by atoms with Crippen molar-refractivity contribution in [3.05, 3.63) is 42.2 Å². The molecule has 1 aromatic carbocycles. The summed E-state index contributed by atoms with van der Waals surface area (Å²) in [6.45, 7) is 0.298. The van der Waals surface area contributed by atoms with Crippen LogP contribution in [0.5, 0.6) is 0 Å². The minimum Gasteiger partial charge on any atom is -0.316 e. The molecule has 0 amide bonds. The second-order valence-electron chi connectivity index (χ2n) is 2.80. The van der Waals surface area contributed by atoms with Gasteiger partial charge in [-0.2, -0.15) is 20.5 Å².